The second-order valence-electron chi connectivity index (χ2n) is 2.34. The van der Waals surface area contributed by atoms with Crippen molar-refractivity contribution in [1.82, 2.24) is 0 Å². The Morgan fingerprint density at radius 2 is 2.25 bits per heavy atom. The topological polar surface area (TPSA) is 44.0 Å². The molecule has 4 heteroatoms. The van der Waals surface area contributed by atoms with E-state index in [0.29, 0.717) is 0 Å². The summed E-state index contributed by atoms with van der Waals surface area (Å²) in [7, 11) is 0. The largest absolute Gasteiger partial charge is 0.391 e. The van der Waals surface area contributed by atoms with E-state index < -0.39 is 0 Å². The molecule has 2 rings (SSSR count). The minimum Gasteiger partial charge on any atom is -0.391 e. The molecule has 0 atom stereocenters. The number of hydrogen-bond donors (Lipinski definition) is 1. The fraction of sp³-hybridized carbons (Fsp3) is 0.125. The van der Waals surface area contributed by atoms with Gasteiger partial charge in [0.1, 0.15) is 10.9 Å². The highest BCUT2D eigenvalue weighted by atomic mass is 32.2. The molecule has 0 bridgehead atoms. The van der Waals surface area contributed by atoms with Gasteiger partial charge in [-0.25, -0.2) is 0 Å². The molecule has 0 aromatic carbocycles. The van der Waals surface area contributed by atoms with Gasteiger partial charge in [-0.15, -0.1) is 22.7 Å². The van der Waals surface area contributed by atoms with Gasteiger partial charge in [0, 0.05) is 10.3 Å². The van der Waals surface area contributed by atoms with Gasteiger partial charge in [-0.05, 0) is 12.1 Å². The van der Waals surface area contributed by atoms with Gasteiger partial charge in [-0.3, -0.25) is 0 Å². The number of aliphatic hydroxyl groups excluding tert-OH is 1. The summed E-state index contributed by atoms with van der Waals surface area (Å²) in [5.41, 5.74) is 0. The number of nitriles is 1. The number of rotatable bonds is 1. The molecule has 0 aliphatic rings. The molecule has 2 nitrogen and oxygen atoms in total. The highest BCUT2D eigenvalue weighted by Gasteiger charge is 2.04. The van der Waals surface area contributed by atoms with Gasteiger partial charge in [0.15, 0.2) is 0 Å². The van der Waals surface area contributed by atoms with Crippen LogP contribution in [0, 0.1) is 11.3 Å². The van der Waals surface area contributed by atoms with E-state index in [4.69, 9.17) is 10.4 Å². The smallest absolute Gasteiger partial charge is 0.110 e. The highest BCUT2D eigenvalue weighted by molar-refractivity contribution is 7.38. The third-order valence-corrected chi connectivity index (χ3v) is 3.81. The van der Waals surface area contributed by atoms with E-state index in [1.54, 1.807) is 11.3 Å². The molecule has 2 heterocycles. The lowest BCUT2D eigenvalue weighted by atomic mass is 10.3. The number of fused-ring (bicyclic) bond motifs is 1. The predicted octanol–water partition coefficient (Wildman–Crippen LogP) is 2.33. The summed E-state index contributed by atoms with van der Waals surface area (Å²) in [6, 6.07) is 5.89. The van der Waals surface area contributed by atoms with Crippen LogP contribution in [0.4, 0.5) is 0 Å². The monoisotopic (exact) mass is 195 g/mol. The van der Waals surface area contributed by atoms with E-state index in [-0.39, 0.29) is 6.61 Å². The SMILES string of the molecule is N#Cc1cc2cc(CO)sc2s1. The van der Waals surface area contributed by atoms with Crippen molar-refractivity contribution in [2.75, 3.05) is 0 Å². The second kappa shape index (κ2) is 2.87. The van der Waals surface area contributed by atoms with Crippen LogP contribution in [0.2, 0.25) is 0 Å². The summed E-state index contributed by atoms with van der Waals surface area (Å²) in [6.07, 6.45) is 0. The van der Waals surface area contributed by atoms with Crippen LogP contribution in [-0.4, -0.2) is 5.11 Å². The predicted molar refractivity (Wildman–Crippen MR) is 50.3 cm³/mol. The van der Waals surface area contributed by atoms with Crippen LogP contribution < -0.4 is 0 Å². The average molecular weight is 195 g/mol. The molecule has 0 radical (unpaired) electrons. The molecular formula is C8H5NOS2. The zero-order chi connectivity index (χ0) is 8.55. The average Bonchev–Trinajstić information content (AvgIpc) is 2.59. The lowest BCUT2D eigenvalue weighted by Crippen LogP contribution is -1.70. The van der Waals surface area contributed by atoms with Crippen LogP contribution in [0.5, 0.6) is 0 Å². The Labute approximate surface area is 77.3 Å². The third kappa shape index (κ3) is 1.12. The standard InChI is InChI=1S/C8H5NOS2/c9-3-6-1-5-2-7(4-10)12-8(5)11-6/h1-2,10H,4H2. The Bertz CT molecular complexity index is 418. The number of thiophene rings is 2. The molecule has 0 spiro atoms. The van der Waals surface area contributed by atoms with E-state index in [9.17, 15) is 0 Å². The fourth-order valence-electron chi connectivity index (χ4n) is 1.02. The van der Waals surface area contributed by atoms with Crippen molar-refractivity contribution >= 4 is 32.1 Å². The van der Waals surface area contributed by atoms with E-state index in [2.05, 4.69) is 6.07 Å². The lowest BCUT2D eigenvalue weighted by Gasteiger charge is -1.81. The summed E-state index contributed by atoms with van der Waals surface area (Å²) in [5, 5.41) is 18.5. The zero-order valence-electron chi connectivity index (χ0n) is 6.07. The fourth-order valence-corrected chi connectivity index (χ4v) is 3.17. The van der Waals surface area contributed by atoms with Crippen LogP contribution in [0.25, 0.3) is 9.40 Å². The summed E-state index contributed by atoms with van der Waals surface area (Å²) in [6.45, 7) is 0.0912. The first-order valence-electron chi connectivity index (χ1n) is 3.36. The molecule has 0 saturated carbocycles. The van der Waals surface area contributed by atoms with Gasteiger partial charge in [-0.2, -0.15) is 5.26 Å². The van der Waals surface area contributed by atoms with Crippen molar-refractivity contribution in [3.05, 3.63) is 21.9 Å². The highest BCUT2D eigenvalue weighted by Crippen LogP contribution is 2.32. The van der Waals surface area contributed by atoms with E-state index in [0.717, 1.165) is 19.2 Å². The second-order valence-corrected chi connectivity index (χ2v) is 4.78. The maximum Gasteiger partial charge on any atom is 0.110 e. The Morgan fingerprint density at radius 3 is 2.83 bits per heavy atom. The van der Waals surface area contributed by atoms with E-state index in [1.807, 2.05) is 12.1 Å². The van der Waals surface area contributed by atoms with Crippen molar-refractivity contribution in [2.45, 2.75) is 6.61 Å². The van der Waals surface area contributed by atoms with Gasteiger partial charge < -0.3 is 5.11 Å². The van der Waals surface area contributed by atoms with Crippen LogP contribution in [-0.2, 0) is 6.61 Å². The van der Waals surface area contributed by atoms with Gasteiger partial charge in [-0.1, -0.05) is 0 Å². The molecular weight excluding hydrogens is 190 g/mol. The molecule has 1 N–H and O–H groups in total. The quantitative estimate of drug-likeness (QED) is 0.759. The molecule has 60 valence electrons. The Balaban J connectivity index is 2.61. The number of nitrogens with zero attached hydrogens (tertiary/aromatic N) is 1. The first-order chi connectivity index (χ1) is 5.83. The molecule has 12 heavy (non-hydrogen) atoms. The first-order valence-corrected chi connectivity index (χ1v) is 5.00. The Morgan fingerprint density at radius 1 is 1.42 bits per heavy atom. The third-order valence-electron chi connectivity index (χ3n) is 1.53. The van der Waals surface area contributed by atoms with Crippen molar-refractivity contribution in [3.63, 3.8) is 0 Å². The lowest BCUT2D eigenvalue weighted by molar-refractivity contribution is 0.285. The van der Waals surface area contributed by atoms with Crippen molar-refractivity contribution < 1.29 is 5.11 Å². The summed E-state index contributed by atoms with van der Waals surface area (Å²) >= 11 is 3.03. The normalized spacial score (nSPS) is 10.3. The molecule has 0 amide bonds. The zero-order valence-corrected chi connectivity index (χ0v) is 7.71. The number of aliphatic hydroxyl groups is 1. The van der Waals surface area contributed by atoms with Gasteiger partial charge in [0.2, 0.25) is 0 Å². The molecule has 2 aromatic rings. The first kappa shape index (κ1) is 7.74. The van der Waals surface area contributed by atoms with Crippen LogP contribution in [0.1, 0.15) is 9.75 Å². The van der Waals surface area contributed by atoms with Gasteiger partial charge in [0.25, 0.3) is 0 Å². The van der Waals surface area contributed by atoms with Crippen molar-refractivity contribution in [2.24, 2.45) is 0 Å². The van der Waals surface area contributed by atoms with Crippen LogP contribution in [0.3, 0.4) is 0 Å². The summed E-state index contributed by atoms with van der Waals surface area (Å²) in [4.78, 5) is 1.70. The Hall–Kier alpha value is -0.890. The molecule has 0 aliphatic carbocycles. The summed E-state index contributed by atoms with van der Waals surface area (Å²) < 4.78 is 1.12. The minimum absolute atomic E-state index is 0.0912. The maximum atomic E-state index is 8.83. The van der Waals surface area contributed by atoms with Gasteiger partial charge in [0.05, 0.1) is 10.6 Å². The maximum absolute atomic E-state index is 8.83. The molecule has 2 aromatic heterocycles. The summed E-state index contributed by atoms with van der Waals surface area (Å²) in [5.74, 6) is 0. The van der Waals surface area contributed by atoms with Crippen molar-refractivity contribution in [1.29, 1.82) is 5.26 Å². The Kier molecular flexibility index (Phi) is 1.85. The van der Waals surface area contributed by atoms with E-state index >= 15 is 0 Å². The molecule has 0 aliphatic heterocycles. The number of hydrogen-bond acceptors (Lipinski definition) is 4. The molecule has 0 fully saturated rings. The van der Waals surface area contributed by atoms with Gasteiger partial charge >= 0.3 is 0 Å². The molecule has 0 unspecified atom stereocenters. The van der Waals surface area contributed by atoms with E-state index in [1.165, 1.54) is 11.3 Å². The minimum atomic E-state index is 0.0912. The van der Waals surface area contributed by atoms with Crippen LogP contribution in [0.15, 0.2) is 12.1 Å². The van der Waals surface area contributed by atoms with Crippen LogP contribution >= 0.6 is 22.7 Å². The van der Waals surface area contributed by atoms with Crippen molar-refractivity contribution in [3.8, 4) is 6.07 Å². The molecule has 0 saturated heterocycles.